The zero-order valence-electron chi connectivity index (χ0n) is 13.8. The maximum Gasteiger partial charge on any atom is 0.248 e. The highest BCUT2D eigenvalue weighted by molar-refractivity contribution is 7.89. The normalized spacial score (nSPS) is 11.8. The predicted molar refractivity (Wildman–Crippen MR) is 104 cm³/mol. The number of amides is 1. The second kappa shape index (κ2) is 7.48. The number of nitrogens with one attached hydrogen (secondary N) is 1. The summed E-state index contributed by atoms with van der Waals surface area (Å²) in [6, 6.07) is 15.1. The molecule has 27 heavy (non-hydrogen) atoms. The standard InChI is InChI=1S/C19H14ClFN2O3S/c20-15-10-17(18(11-16(15)21)27(22,25)26)23-19(24)8-6-12-5-7-13-3-1-2-4-14(13)9-12/h1-11H,(H,23,24)(H2,22,25,26)/b8-6+. The number of halogens is 2. The summed E-state index contributed by atoms with van der Waals surface area (Å²) < 4.78 is 36.7. The van der Waals surface area contributed by atoms with E-state index in [1.165, 1.54) is 6.08 Å². The number of carbonyl (C=O) groups is 1. The van der Waals surface area contributed by atoms with Crippen LogP contribution in [0.15, 0.2) is 65.6 Å². The van der Waals surface area contributed by atoms with Crippen molar-refractivity contribution in [2.45, 2.75) is 4.90 Å². The molecule has 0 bridgehead atoms. The average molecular weight is 405 g/mol. The number of sulfonamides is 1. The maximum atomic E-state index is 13.5. The lowest BCUT2D eigenvalue weighted by Crippen LogP contribution is -2.17. The highest BCUT2D eigenvalue weighted by Crippen LogP contribution is 2.27. The van der Waals surface area contributed by atoms with Gasteiger partial charge in [0.15, 0.2) is 0 Å². The number of rotatable bonds is 4. The van der Waals surface area contributed by atoms with Gasteiger partial charge in [0.25, 0.3) is 0 Å². The van der Waals surface area contributed by atoms with Crippen LogP contribution in [0.2, 0.25) is 5.02 Å². The van der Waals surface area contributed by atoms with Gasteiger partial charge >= 0.3 is 0 Å². The van der Waals surface area contributed by atoms with E-state index in [2.05, 4.69) is 5.32 Å². The van der Waals surface area contributed by atoms with Gasteiger partial charge in [-0.2, -0.15) is 0 Å². The van der Waals surface area contributed by atoms with Crippen LogP contribution in [0, 0.1) is 5.82 Å². The van der Waals surface area contributed by atoms with E-state index in [0.717, 1.165) is 22.4 Å². The molecule has 1 amide bonds. The van der Waals surface area contributed by atoms with E-state index in [1.54, 1.807) is 6.08 Å². The van der Waals surface area contributed by atoms with Crippen molar-refractivity contribution in [3.63, 3.8) is 0 Å². The van der Waals surface area contributed by atoms with Gasteiger partial charge in [-0.1, -0.05) is 48.0 Å². The first-order valence-corrected chi connectivity index (χ1v) is 9.66. The van der Waals surface area contributed by atoms with Crippen LogP contribution in [0.5, 0.6) is 0 Å². The van der Waals surface area contributed by atoms with Crippen LogP contribution in [-0.4, -0.2) is 14.3 Å². The maximum absolute atomic E-state index is 13.5. The summed E-state index contributed by atoms with van der Waals surface area (Å²) in [4.78, 5) is 11.6. The van der Waals surface area contributed by atoms with Crippen LogP contribution in [0.25, 0.3) is 16.8 Å². The van der Waals surface area contributed by atoms with E-state index in [4.69, 9.17) is 16.7 Å². The quantitative estimate of drug-likeness (QED) is 0.645. The third-order valence-corrected chi connectivity index (χ3v) is 5.03. The molecule has 3 N–H and O–H groups in total. The average Bonchev–Trinajstić information content (AvgIpc) is 2.61. The molecule has 0 heterocycles. The third-order valence-electron chi connectivity index (χ3n) is 3.79. The van der Waals surface area contributed by atoms with Crippen molar-refractivity contribution in [3.05, 3.63) is 77.1 Å². The van der Waals surface area contributed by atoms with E-state index in [1.807, 2.05) is 42.5 Å². The Morgan fingerprint density at radius 1 is 1.07 bits per heavy atom. The van der Waals surface area contributed by atoms with Crippen LogP contribution < -0.4 is 10.5 Å². The Kier molecular flexibility index (Phi) is 5.27. The molecule has 0 unspecified atom stereocenters. The Balaban J connectivity index is 1.85. The van der Waals surface area contributed by atoms with Crippen LogP contribution >= 0.6 is 11.6 Å². The zero-order valence-corrected chi connectivity index (χ0v) is 15.4. The topological polar surface area (TPSA) is 89.3 Å². The van der Waals surface area contributed by atoms with E-state index in [0.29, 0.717) is 6.07 Å². The number of fused-ring (bicyclic) bond motifs is 1. The summed E-state index contributed by atoms with van der Waals surface area (Å²) in [5.74, 6) is -1.57. The molecule has 0 aliphatic heterocycles. The summed E-state index contributed by atoms with van der Waals surface area (Å²) in [5, 5.41) is 9.17. The van der Waals surface area contributed by atoms with Gasteiger partial charge in [-0.05, 0) is 40.6 Å². The minimum atomic E-state index is -4.25. The van der Waals surface area contributed by atoms with Gasteiger partial charge in [0.05, 0.1) is 10.7 Å². The molecule has 138 valence electrons. The molecule has 8 heteroatoms. The fourth-order valence-electron chi connectivity index (χ4n) is 2.52. The number of primary sulfonamides is 1. The number of benzene rings is 3. The first-order chi connectivity index (χ1) is 12.7. The Hall–Kier alpha value is -2.74. The van der Waals surface area contributed by atoms with Gasteiger partial charge in [-0.3, -0.25) is 4.79 Å². The fraction of sp³-hybridized carbons (Fsp3) is 0. The largest absolute Gasteiger partial charge is 0.321 e. The second-order valence-corrected chi connectivity index (χ2v) is 7.67. The first kappa shape index (κ1) is 19.0. The molecular weight excluding hydrogens is 391 g/mol. The molecule has 5 nitrogen and oxygen atoms in total. The lowest BCUT2D eigenvalue weighted by Gasteiger charge is -2.09. The molecule has 3 aromatic rings. The molecule has 0 atom stereocenters. The molecule has 0 aliphatic carbocycles. The Labute approximate surface area is 160 Å². The molecule has 0 aromatic heterocycles. The summed E-state index contributed by atoms with van der Waals surface area (Å²) in [7, 11) is -4.25. The lowest BCUT2D eigenvalue weighted by molar-refractivity contribution is -0.111. The highest BCUT2D eigenvalue weighted by Gasteiger charge is 2.18. The van der Waals surface area contributed by atoms with Crippen molar-refractivity contribution in [2.75, 3.05) is 5.32 Å². The monoisotopic (exact) mass is 404 g/mol. The molecule has 0 radical (unpaired) electrons. The molecule has 0 saturated heterocycles. The molecule has 3 aromatic carbocycles. The summed E-state index contributed by atoms with van der Waals surface area (Å²) >= 11 is 5.67. The Morgan fingerprint density at radius 2 is 1.78 bits per heavy atom. The number of nitrogens with two attached hydrogens (primary N) is 1. The van der Waals surface area contributed by atoms with Crippen molar-refractivity contribution in [1.82, 2.24) is 0 Å². The smallest absolute Gasteiger partial charge is 0.248 e. The van der Waals surface area contributed by atoms with Crippen LogP contribution in [-0.2, 0) is 14.8 Å². The number of hydrogen-bond acceptors (Lipinski definition) is 3. The number of hydrogen-bond donors (Lipinski definition) is 2. The third kappa shape index (κ3) is 4.51. The van der Waals surface area contributed by atoms with Crippen molar-refractivity contribution in [1.29, 1.82) is 0 Å². The van der Waals surface area contributed by atoms with Crippen LogP contribution in [0.3, 0.4) is 0 Å². The van der Waals surface area contributed by atoms with Gasteiger partial charge in [-0.15, -0.1) is 0 Å². The van der Waals surface area contributed by atoms with Gasteiger partial charge in [-0.25, -0.2) is 17.9 Å². The zero-order chi connectivity index (χ0) is 19.6. The van der Waals surface area contributed by atoms with Gasteiger partial charge in [0, 0.05) is 6.08 Å². The SMILES string of the molecule is NS(=O)(=O)c1cc(F)c(Cl)cc1NC(=O)/C=C/c1ccc2ccccc2c1. The molecule has 0 spiro atoms. The fourth-order valence-corrected chi connectivity index (χ4v) is 3.37. The van der Waals surface area contributed by atoms with E-state index in [9.17, 15) is 17.6 Å². The Bertz CT molecular complexity index is 1180. The molecular formula is C19H14ClFN2O3S. The summed E-state index contributed by atoms with van der Waals surface area (Å²) in [5.41, 5.74) is 0.588. The van der Waals surface area contributed by atoms with E-state index >= 15 is 0 Å². The minimum Gasteiger partial charge on any atom is -0.321 e. The second-order valence-electron chi connectivity index (χ2n) is 5.74. The summed E-state index contributed by atoms with van der Waals surface area (Å²) in [6.07, 6.45) is 2.80. The number of carbonyl (C=O) groups excluding carboxylic acids is 1. The number of anilines is 1. The highest BCUT2D eigenvalue weighted by atomic mass is 35.5. The molecule has 0 fully saturated rings. The van der Waals surface area contributed by atoms with Crippen molar-refractivity contribution < 1.29 is 17.6 Å². The van der Waals surface area contributed by atoms with E-state index < -0.39 is 26.6 Å². The van der Waals surface area contributed by atoms with Crippen molar-refractivity contribution in [3.8, 4) is 0 Å². The minimum absolute atomic E-state index is 0.197. The van der Waals surface area contributed by atoms with Crippen LogP contribution in [0.4, 0.5) is 10.1 Å². The summed E-state index contributed by atoms with van der Waals surface area (Å²) in [6.45, 7) is 0. The molecule has 0 saturated carbocycles. The van der Waals surface area contributed by atoms with Gasteiger partial charge in [0.2, 0.25) is 15.9 Å². The van der Waals surface area contributed by atoms with E-state index in [-0.39, 0.29) is 10.7 Å². The van der Waals surface area contributed by atoms with Crippen molar-refractivity contribution in [2.24, 2.45) is 5.14 Å². The molecule has 3 rings (SSSR count). The van der Waals surface area contributed by atoms with Crippen molar-refractivity contribution >= 4 is 50.1 Å². The Morgan fingerprint density at radius 3 is 2.48 bits per heavy atom. The predicted octanol–water partition coefficient (Wildman–Crippen LogP) is 3.93. The van der Waals surface area contributed by atoms with Gasteiger partial charge < -0.3 is 5.32 Å². The molecule has 0 aliphatic rings. The van der Waals surface area contributed by atoms with Gasteiger partial charge in [0.1, 0.15) is 10.7 Å². The lowest BCUT2D eigenvalue weighted by atomic mass is 10.1. The first-order valence-electron chi connectivity index (χ1n) is 7.74. The van der Waals surface area contributed by atoms with Crippen LogP contribution in [0.1, 0.15) is 5.56 Å².